The minimum Gasteiger partial charge on any atom is -0.497 e. The van der Waals surface area contributed by atoms with Gasteiger partial charge in [0.1, 0.15) is 11.8 Å². The number of fused-ring (bicyclic) bond motifs is 1. The van der Waals surface area contributed by atoms with Gasteiger partial charge in [-0.05, 0) is 57.7 Å². The number of carboxylic acid groups (broad SMARTS) is 1. The molecule has 1 aromatic heterocycles. The molecule has 2 aromatic rings. The Kier molecular flexibility index (Phi) is 21.0. The normalized spacial score (nSPS) is 12.4. The first-order valence-corrected chi connectivity index (χ1v) is 12.7. The van der Waals surface area contributed by atoms with Crippen LogP contribution in [-0.2, 0) is 14.4 Å². The maximum Gasteiger partial charge on any atom is 0.326 e. The van der Waals surface area contributed by atoms with Crippen molar-refractivity contribution < 1.29 is 24.2 Å². The number of carbonyl (C=O) groups is 3. The van der Waals surface area contributed by atoms with Crippen molar-refractivity contribution in [3.63, 3.8) is 0 Å². The summed E-state index contributed by atoms with van der Waals surface area (Å²) in [6.45, 7) is 3.02. The number of amides is 2. The number of benzene rings is 1. The molecule has 3 atom stereocenters. The van der Waals surface area contributed by atoms with Crippen molar-refractivity contribution in [2.24, 2.45) is 11.5 Å². The molecule has 0 saturated carbocycles. The minimum absolute atomic E-state index is 0. The molecule has 0 aliphatic carbocycles. The van der Waals surface area contributed by atoms with E-state index >= 15 is 0 Å². The number of nitrogens with two attached hydrogens (primary N) is 2. The van der Waals surface area contributed by atoms with Crippen molar-refractivity contribution in [3.8, 4) is 5.75 Å². The second-order valence-corrected chi connectivity index (χ2v) is 9.12. The molecule has 2 amide bonds. The number of methoxy groups -OCH3 is 1. The Bertz CT molecular complexity index is 1050. The van der Waals surface area contributed by atoms with Gasteiger partial charge in [0, 0.05) is 36.7 Å². The monoisotopic (exact) mass is 624 g/mol. The number of hydrogen-bond donors (Lipinski definition) is 6. The first-order valence-electron chi connectivity index (χ1n) is 12.7. The molecule has 40 heavy (non-hydrogen) atoms. The van der Waals surface area contributed by atoms with Crippen LogP contribution in [-0.4, -0.2) is 66.2 Å². The molecule has 0 aliphatic heterocycles. The van der Waals surface area contributed by atoms with Crippen LogP contribution in [0.5, 0.6) is 5.75 Å². The lowest BCUT2D eigenvalue weighted by atomic mass is 10.1. The third-order valence-electron chi connectivity index (χ3n) is 6.03. The van der Waals surface area contributed by atoms with Crippen LogP contribution in [0.25, 0.3) is 10.9 Å². The summed E-state index contributed by atoms with van der Waals surface area (Å²) in [6, 6.07) is 5.86. The van der Waals surface area contributed by atoms with Crippen molar-refractivity contribution in [2.75, 3.05) is 25.5 Å². The summed E-state index contributed by atoms with van der Waals surface area (Å²) in [7, 11) is 1.62. The van der Waals surface area contributed by atoms with E-state index in [1.54, 1.807) is 13.3 Å². The highest BCUT2D eigenvalue weighted by molar-refractivity contribution is 5.92. The number of pyridine rings is 1. The van der Waals surface area contributed by atoms with E-state index in [0.29, 0.717) is 25.9 Å². The summed E-state index contributed by atoms with van der Waals surface area (Å²) in [5.74, 6) is -1.26. The maximum atomic E-state index is 12.2. The number of anilines is 1. The SMILES string of the molecule is COc1cc(NC(C)CCCNC(=O)CC[C@H](NC(=O)[C@@H](N)CCCCN)C(=O)O)c2ncccc2c1.Cl.Cl.Cl. The first-order chi connectivity index (χ1) is 17.7. The van der Waals surface area contributed by atoms with Gasteiger partial charge in [0.15, 0.2) is 0 Å². The third-order valence-corrected chi connectivity index (χ3v) is 6.03. The Morgan fingerprint density at radius 2 is 1.80 bits per heavy atom. The largest absolute Gasteiger partial charge is 0.497 e. The van der Waals surface area contributed by atoms with Crippen LogP contribution >= 0.6 is 37.2 Å². The molecule has 0 saturated heterocycles. The number of carbonyl (C=O) groups excluding carboxylic acids is 2. The van der Waals surface area contributed by atoms with Crippen LogP contribution in [0.3, 0.4) is 0 Å². The van der Waals surface area contributed by atoms with Crippen LogP contribution in [0.1, 0.15) is 51.9 Å². The lowest BCUT2D eigenvalue weighted by molar-refractivity contribution is -0.142. The predicted octanol–water partition coefficient (Wildman–Crippen LogP) is 3.01. The quantitative estimate of drug-likeness (QED) is 0.144. The van der Waals surface area contributed by atoms with E-state index in [1.807, 2.05) is 24.3 Å². The summed E-state index contributed by atoms with van der Waals surface area (Å²) in [5.41, 5.74) is 13.0. The summed E-state index contributed by atoms with van der Waals surface area (Å²) >= 11 is 0. The van der Waals surface area contributed by atoms with Gasteiger partial charge >= 0.3 is 5.97 Å². The van der Waals surface area contributed by atoms with Crippen LogP contribution < -0.4 is 32.2 Å². The highest BCUT2D eigenvalue weighted by atomic mass is 35.5. The van der Waals surface area contributed by atoms with Crippen LogP contribution in [0, 0.1) is 0 Å². The maximum absolute atomic E-state index is 12.2. The topological polar surface area (TPSA) is 182 Å². The van der Waals surface area contributed by atoms with E-state index in [-0.39, 0.29) is 62.0 Å². The molecule has 0 spiro atoms. The fourth-order valence-corrected chi connectivity index (χ4v) is 3.91. The Morgan fingerprint density at radius 1 is 1.07 bits per heavy atom. The number of ether oxygens (including phenoxy) is 1. The summed E-state index contributed by atoms with van der Waals surface area (Å²) in [4.78, 5) is 40.4. The highest BCUT2D eigenvalue weighted by Crippen LogP contribution is 2.28. The molecule has 1 aromatic carbocycles. The number of nitrogens with zero attached hydrogens (tertiary/aromatic N) is 1. The van der Waals surface area contributed by atoms with Gasteiger partial charge in [-0.3, -0.25) is 14.6 Å². The van der Waals surface area contributed by atoms with Crippen LogP contribution in [0.15, 0.2) is 30.5 Å². The van der Waals surface area contributed by atoms with Crippen molar-refractivity contribution >= 4 is 71.6 Å². The van der Waals surface area contributed by atoms with E-state index in [0.717, 1.165) is 41.6 Å². The van der Waals surface area contributed by atoms with Gasteiger partial charge in [-0.15, -0.1) is 37.2 Å². The van der Waals surface area contributed by atoms with Crippen molar-refractivity contribution in [1.82, 2.24) is 15.6 Å². The average Bonchev–Trinajstić information content (AvgIpc) is 2.88. The third kappa shape index (κ3) is 13.7. The zero-order valence-corrected chi connectivity index (χ0v) is 25.3. The Hall–Kier alpha value is -2.57. The minimum atomic E-state index is -1.20. The highest BCUT2D eigenvalue weighted by Gasteiger charge is 2.23. The molecule has 14 heteroatoms. The van der Waals surface area contributed by atoms with Gasteiger partial charge in [-0.2, -0.15) is 0 Å². The number of carboxylic acids is 1. The van der Waals surface area contributed by atoms with Gasteiger partial charge in [0.2, 0.25) is 11.8 Å². The molecule has 0 aliphatic rings. The van der Waals surface area contributed by atoms with Crippen LogP contribution in [0.2, 0.25) is 0 Å². The molecule has 228 valence electrons. The van der Waals surface area contributed by atoms with Gasteiger partial charge in [-0.25, -0.2) is 4.79 Å². The number of rotatable bonds is 17. The summed E-state index contributed by atoms with van der Waals surface area (Å²) in [5, 5.41) is 19.1. The number of unbranched alkanes of at least 4 members (excludes halogenated alkanes) is 1. The molecule has 1 unspecified atom stereocenters. The van der Waals surface area contributed by atoms with E-state index < -0.39 is 24.0 Å². The lowest BCUT2D eigenvalue weighted by Gasteiger charge is -2.18. The van der Waals surface area contributed by atoms with Crippen LogP contribution in [0.4, 0.5) is 5.69 Å². The van der Waals surface area contributed by atoms with E-state index in [1.165, 1.54) is 0 Å². The zero-order valence-electron chi connectivity index (χ0n) is 22.9. The standard InChI is InChI=1S/C26H40N6O5.3ClH/c1-17(31-22-16-19(37-2)15-18-8-6-14-30-24(18)22)7-5-13-29-23(33)11-10-21(26(35)36)32-25(34)20(28)9-3-4-12-27;;;/h6,8,14-17,20-21,31H,3-5,7,9-13,27-28H2,1-2H3,(H,29,33)(H,32,34)(H,35,36);3*1H/t17?,20-,21-;;;/m0.../s1. The lowest BCUT2D eigenvalue weighted by Crippen LogP contribution is -2.48. The zero-order chi connectivity index (χ0) is 27.2. The van der Waals surface area contributed by atoms with Crippen molar-refractivity contribution in [1.29, 1.82) is 0 Å². The molecular formula is C26H43Cl3N6O5. The van der Waals surface area contributed by atoms with Gasteiger partial charge in [-0.1, -0.05) is 12.5 Å². The van der Waals surface area contributed by atoms with Gasteiger partial charge in [0.05, 0.1) is 24.4 Å². The van der Waals surface area contributed by atoms with E-state index in [4.69, 9.17) is 16.2 Å². The molecule has 1 heterocycles. The smallest absolute Gasteiger partial charge is 0.326 e. The molecular weight excluding hydrogens is 583 g/mol. The molecule has 11 nitrogen and oxygen atoms in total. The molecule has 0 radical (unpaired) electrons. The van der Waals surface area contributed by atoms with Crippen molar-refractivity contribution in [2.45, 2.75) is 70.0 Å². The number of aromatic nitrogens is 1. The summed E-state index contributed by atoms with van der Waals surface area (Å²) in [6.07, 6.45) is 5.09. The van der Waals surface area contributed by atoms with Crippen molar-refractivity contribution in [3.05, 3.63) is 30.5 Å². The number of hydrogen-bond acceptors (Lipinski definition) is 8. The summed E-state index contributed by atoms with van der Waals surface area (Å²) < 4.78 is 5.39. The van der Waals surface area contributed by atoms with Gasteiger partial charge < -0.3 is 37.3 Å². The Morgan fingerprint density at radius 3 is 2.45 bits per heavy atom. The Balaban J connectivity index is 0. The second-order valence-electron chi connectivity index (χ2n) is 9.12. The molecule has 8 N–H and O–H groups in total. The number of halogens is 3. The number of aliphatic carboxylic acids is 1. The first kappa shape index (κ1) is 39.6. The average molecular weight is 626 g/mol. The predicted molar refractivity (Wildman–Crippen MR) is 165 cm³/mol. The van der Waals surface area contributed by atoms with Gasteiger partial charge in [0.25, 0.3) is 0 Å². The Labute approximate surface area is 254 Å². The second kappa shape index (κ2) is 21.2. The number of nitrogens with one attached hydrogen (secondary N) is 3. The molecule has 0 fully saturated rings. The fraction of sp³-hybridized carbons (Fsp3) is 0.538. The fourth-order valence-electron chi connectivity index (χ4n) is 3.91. The van der Waals surface area contributed by atoms with E-state index in [9.17, 15) is 19.5 Å². The molecule has 2 rings (SSSR count). The van der Waals surface area contributed by atoms with E-state index in [2.05, 4.69) is 27.9 Å². The molecule has 0 bridgehead atoms.